The molecule has 12 aromatic rings. The van der Waals surface area contributed by atoms with E-state index in [1.807, 2.05) is 11.3 Å². The van der Waals surface area contributed by atoms with E-state index >= 15 is 0 Å². The summed E-state index contributed by atoms with van der Waals surface area (Å²) >= 11 is 3.60. The normalized spacial score (nSPS) is 12.0. The molecule has 3 nitrogen and oxygen atoms in total. The second-order valence-corrected chi connectivity index (χ2v) is 16.2. The zero-order valence-corrected chi connectivity index (χ0v) is 31.0. The zero-order valence-electron chi connectivity index (χ0n) is 29.4. The largest absolute Gasteiger partial charge is 0.309 e. The number of hydrogen-bond donors (Lipinski definition) is 0. The number of nitrogens with zero attached hydrogens (tertiary/aromatic N) is 3. The molecule has 0 radical (unpaired) electrons. The molecule has 0 N–H and O–H groups in total. The highest BCUT2D eigenvalue weighted by Gasteiger charge is 2.21. The van der Waals surface area contributed by atoms with Crippen molar-refractivity contribution in [2.45, 2.75) is 0 Å². The Kier molecular flexibility index (Phi) is 6.67. The van der Waals surface area contributed by atoms with E-state index in [9.17, 15) is 0 Å². The maximum atomic E-state index is 5.57. The van der Waals surface area contributed by atoms with Crippen LogP contribution in [0, 0.1) is 0 Å². The van der Waals surface area contributed by atoms with Crippen LogP contribution >= 0.6 is 22.7 Å². The Morgan fingerprint density at radius 1 is 0.418 bits per heavy atom. The van der Waals surface area contributed by atoms with E-state index in [0.717, 1.165) is 49.7 Å². The minimum Gasteiger partial charge on any atom is -0.309 e. The Morgan fingerprint density at radius 2 is 1.07 bits per heavy atom. The van der Waals surface area contributed by atoms with Gasteiger partial charge in [-0.25, -0.2) is 9.97 Å². The molecule has 0 fully saturated rings. The first-order valence-corrected chi connectivity index (χ1v) is 20.1. The number of para-hydroxylation sites is 2. The average Bonchev–Trinajstić information content (AvgIpc) is 3.93. The first kappa shape index (κ1) is 30.8. The molecule has 0 saturated carbocycles. The first-order chi connectivity index (χ1) is 27.3. The number of benzene rings is 8. The van der Waals surface area contributed by atoms with E-state index < -0.39 is 0 Å². The van der Waals surface area contributed by atoms with Crippen molar-refractivity contribution in [1.29, 1.82) is 0 Å². The third-order valence-electron chi connectivity index (χ3n) is 11.0. The minimum absolute atomic E-state index is 0.757. The third-order valence-corrected chi connectivity index (χ3v) is 13.3. The minimum atomic E-state index is 0.757. The molecule has 0 aliphatic rings. The van der Waals surface area contributed by atoms with Crippen LogP contribution in [0.3, 0.4) is 0 Å². The molecule has 0 amide bonds. The molecule has 256 valence electrons. The molecular weight excluding hydrogens is 707 g/mol. The summed E-state index contributed by atoms with van der Waals surface area (Å²) in [6.45, 7) is 0. The number of aromatic nitrogens is 3. The molecule has 5 heteroatoms. The molecule has 4 aromatic heterocycles. The van der Waals surface area contributed by atoms with Crippen LogP contribution in [-0.2, 0) is 0 Å². The standard InChI is InChI=1S/C50H29N3S2/c1-2-16-34(17-3-1)53-41-22-9-6-19-36(41)37-26-25-31(29-42(37)53)30-14-12-15-33(27-30)47-46-39-21-8-11-24-44(39)55-50(46)52-49(51-47)40-28-32-13-4-5-18-35(32)48-45(40)38-20-7-10-23-43(38)54-48/h1-29H. The summed E-state index contributed by atoms with van der Waals surface area (Å²) in [5.41, 5.74) is 8.96. The van der Waals surface area contributed by atoms with E-state index in [1.54, 1.807) is 11.3 Å². The lowest BCUT2D eigenvalue weighted by Gasteiger charge is -2.12. The van der Waals surface area contributed by atoms with Gasteiger partial charge in [0.2, 0.25) is 0 Å². The van der Waals surface area contributed by atoms with Crippen LogP contribution in [0.2, 0.25) is 0 Å². The molecule has 12 rings (SSSR count). The van der Waals surface area contributed by atoms with Crippen molar-refractivity contribution in [3.63, 3.8) is 0 Å². The van der Waals surface area contributed by atoms with Gasteiger partial charge in [-0.1, -0.05) is 127 Å². The van der Waals surface area contributed by atoms with Crippen LogP contribution in [0.4, 0.5) is 0 Å². The van der Waals surface area contributed by atoms with E-state index in [-0.39, 0.29) is 0 Å². The topological polar surface area (TPSA) is 30.7 Å². The van der Waals surface area contributed by atoms with Gasteiger partial charge in [0.1, 0.15) is 4.83 Å². The van der Waals surface area contributed by atoms with Crippen LogP contribution in [0.25, 0.3) is 113 Å². The highest BCUT2D eigenvalue weighted by molar-refractivity contribution is 7.27. The second-order valence-electron chi connectivity index (χ2n) is 14.1. The maximum Gasteiger partial charge on any atom is 0.162 e. The smallest absolute Gasteiger partial charge is 0.162 e. The van der Waals surface area contributed by atoms with Crippen LogP contribution in [0.1, 0.15) is 0 Å². The fourth-order valence-corrected chi connectivity index (χ4v) is 10.9. The van der Waals surface area contributed by atoms with Crippen LogP contribution in [0.15, 0.2) is 176 Å². The van der Waals surface area contributed by atoms with Gasteiger partial charge in [0, 0.05) is 63.2 Å². The first-order valence-electron chi connectivity index (χ1n) is 18.5. The lowest BCUT2D eigenvalue weighted by atomic mass is 9.98. The number of fused-ring (bicyclic) bond motifs is 11. The molecule has 0 unspecified atom stereocenters. The summed E-state index contributed by atoms with van der Waals surface area (Å²) in [7, 11) is 0. The van der Waals surface area contributed by atoms with Crippen molar-refractivity contribution in [1.82, 2.24) is 14.5 Å². The summed E-state index contributed by atoms with van der Waals surface area (Å²) in [5, 5.41) is 9.72. The van der Waals surface area contributed by atoms with Crippen LogP contribution < -0.4 is 0 Å². The monoisotopic (exact) mass is 735 g/mol. The van der Waals surface area contributed by atoms with Crippen molar-refractivity contribution >= 4 is 95.7 Å². The van der Waals surface area contributed by atoms with Crippen LogP contribution in [0.5, 0.6) is 0 Å². The summed E-state index contributed by atoms with van der Waals surface area (Å²) in [4.78, 5) is 12.0. The van der Waals surface area contributed by atoms with E-state index in [0.29, 0.717) is 0 Å². The lowest BCUT2D eigenvalue weighted by molar-refractivity contribution is 1.18. The Hall–Kier alpha value is -6.66. The van der Waals surface area contributed by atoms with E-state index in [4.69, 9.17) is 9.97 Å². The van der Waals surface area contributed by atoms with Gasteiger partial charge in [-0.3, -0.25) is 0 Å². The van der Waals surface area contributed by atoms with Gasteiger partial charge < -0.3 is 4.57 Å². The molecule has 8 aromatic carbocycles. The Bertz CT molecular complexity index is 3500. The maximum absolute atomic E-state index is 5.57. The summed E-state index contributed by atoms with van der Waals surface area (Å²) in [6.07, 6.45) is 0. The molecular formula is C50H29N3S2. The number of rotatable bonds is 4. The molecule has 0 atom stereocenters. The predicted molar refractivity (Wildman–Crippen MR) is 236 cm³/mol. The fraction of sp³-hybridized carbons (Fsp3) is 0. The second kappa shape index (κ2) is 11.9. The van der Waals surface area contributed by atoms with Gasteiger partial charge in [0.25, 0.3) is 0 Å². The van der Waals surface area contributed by atoms with Gasteiger partial charge in [-0.05, 0) is 70.4 Å². The van der Waals surface area contributed by atoms with Gasteiger partial charge in [-0.2, -0.15) is 0 Å². The van der Waals surface area contributed by atoms with Gasteiger partial charge in [0.05, 0.1) is 16.7 Å². The van der Waals surface area contributed by atoms with Crippen LogP contribution in [-0.4, -0.2) is 14.5 Å². The summed E-state index contributed by atoms with van der Waals surface area (Å²) in [5.74, 6) is 0.757. The molecule has 0 spiro atoms. The van der Waals surface area contributed by atoms with Crippen molar-refractivity contribution < 1.29 is 0 Å². The molecule has 55 heavy (non-hydrogen) atoms. The summed E-state index contributed by atoms with van der Waals surface area (Å²) in [6, 6.07) is 63.5. The summed E-state index contributed by atoms with van der Waals surface area (Å²) < 4.78 is 6.15. The highest BCUT2D eigenvalue weighted by atomic mass is 32.1. The molecule has 0 aliphatic carbocycles. The Labute approximate surface area is 324 Å². The number of thiophene rings is 2. The van der Waals surface area contributed by atoms with Gasteiger partial charge >= 0.3 is 0 Å². The SMILES string of the molecule is c1ccc(-n2c3ccccc3c3ccc(-c4cccc(-c5nc(-c6cc7ccccc7c7sc8ccccc8c67)nc6sc7ccccc7c56)c4)cc32)cc1. The van der Waals surface area contributed by atoms with Gasteiger partial charge in [-0.15, -0.1) is 22.7 Å². The fourth-order valence-electron chi connectivity index (χ4n) is 8.54. The van der Waals surface area contributed by atoms with Gasteiger partial charge in [0.15, 0.2) is 5.82 Å². The highest BCUT2D eigenvalue weighted by Crippen LogP contribution is 2.46. The number of hydrogen-bond acceptors (Lipinski definition) is 4. The average molecular weight is 736 g/mol. The van der Waals surface area contributed by atoms with E-state index in [1.165, 1.54) is 62.8 Å². The van der Waals surface area contributed by atoms with Crippen molar-refractivity contribution in [3.8, 4) is 39.5 Å². The Balaban J connectivity index is 1.10. The molecule has 0 saturated heterocycles. The molecule has 0 bridgehead atoms. The lowest BCUT2D eigenvalue weighted by Crippen LogP contribution is -1.95. The molecule has 0 aliphatic heterocycles. The predicted octanol–water partition coefficient (Wildman–Crippen LogP) is 14.5. The third kappa shape index (κ3) is 4.67. The van der Waals surface area contributed by atoms with Crippen molar-refractivity contribution in [3.05, 3.63) is 176 Å². The van der Waals surface area contributed by atoms with Crippen molar-refractivity contribution in [2.75, 3.05) is 0 Å². The zero-order chi connectivity index (χ0) is 36.0. The van der Waals surface area contributed by atoms with Crippen molar-refractivity contribution in [2.24, 2.45) is 0 Å². The van der Waals surface area contributed by atoms with E-state index in [2.05, 4.69) is 180 Å². The Morgan fingerprint density at radius 3 is 1.93 bits per heavy atom. The quantitative estimate of drug-likeness (QED) is 0.180. The molecule has 4 heterocycles.